The first-order valence-electron chi connectivity index (χ1n) is 14.1. The number of hydrogen-bond donors (Lipinski definition) is 2. The molecule has 2 N–H and O–H groups in total. The maximum absolute atomic E-state index is 15.1. The molecule has 0 bridgehead atoms. The zero-order valence-electron chi connectivity index (χ0n) is 25.5. The van der Waals surface area contributed by atoms with E-state index >= 15 is 8.78 Å². The van der Waals surface area contributed by atoms with Gasteiger partial charge in [0, 0.05) is 37.1 Å². The van der Waals surface area contributed by atoms with Crippen LogP contribution in [0.25, 0.3) is 0 Å². The molecule has 3 rings (SSSR count). The smallest absolute Gasteiger partial charge is 0.308 e. The molecule has 1 aliphatic heterocycles. The summed E-state index contributed by atoms with van der Waals surface area (Å²) in [6.45, 7) is 7.51. The molecular weight excluding hydrogens is 576 g/mol. The highest BCUT2D eigenvalue weighted by Gasteiger charge is 2.56. The second-order valence-electron chi connectivity index (χ2n) is 10.5. The molecule has 1 heterocycles. The van der Waals surface area contributed by atoms with E-state index in [0.29, 0.717) is 21.6 Å². The Morgan fingerprint density at radius 3 is 2.30 bits per heavy atom. The molecule has 0 saturated carbocycles. The van der Waals surface area contributed by atoms with Crippen molar-refractivity contribution in [2.75, 3.05) is 13.1 Å². The Balaban J connectivity index is 2.10. The standard InChI is InChI=1S/C32H37F2N3O7/c1-7-24-27(30(41)35-8-2)37(17-32(24,33)34)31(42)28(44-21(6)39)25(16-22-12-10-9-11-13-22)36-29(40)23-14-18(3)15-26(19(23)4)43-20(5)38/h7,9-15,25,27-28H,8,16-17H2,1-6H3,(H,35,41)(H,36,40)/b24-7-. The number of allylic oxidation sites excluding steroid dienone is 1. The van der Waals surface area contributed by atoms with Crippen molar-refractivity contribution < 1.29 is 42.2 Å². The van der Waals surface area contributed by atoms with Gasteiger partial charge in [0.25, 0.3) is 17.7 Å². The summed E-state index contributed by atoms with van der Waals surface area (Å²) < 4.78 is 41.0. The first-order chi connectivity index (χ1) is 20.7. The summed E-state index contributed by atoms with van der Waals surface area (Å²) >= 11 is 0. The number of hydrogen-bond acceptors (Lipinski definition) is 7. The summed E-state index contributed by atoms with van der Waals surface area (Å²) in [5, 5.41) is 5.24. The predicted molar refractivity (Wildman–Crippen MR) is 157 cm³/mol. The number of carbonyl (C=O) groups is 5. The van der Waals surface area contributed by atoms with Crippen molar-refractivity contribution in [3.8, 4) is 5.75 Å². The van der Waals surface area contributed by atoms with Crippen LogP contribution in [0.2, 0.25) is 0 Å². The van der Waals surface area contributed by atoms with Crippen LogP contribution in [-0.2, 0) is 30.3 Å². The Bertz CT molecular complexity index is 1460. The Kier molecular flexibility index (Phi) is 11.0. The molecule has 44 heavy (non-hydrogen) atoms. The molecule has 2 aromatic carbocycles. The molecule has 1 saturated heterocycles. The van der Waals surface area contributed by atoms with E-state index in [1.54, 1.807) is 63.2 Å². The van der Waals surface area contributed by atoms with Crippen molar-refractivity contribution in [2.45, 2.75) is 72.1 Å². The fourth-order valence-electron chi connectivity index (χ4n) is 5.21. The Morgan fingerprint density at radius 1 is 1.07 bits per heavy atom. The van der Waals surface area contributed by atoms with Crippen LogP contribution in [0, 0.1) is 13.8 Å². The molecule has 3 amide bonds. The average Bonchev–Trinajstić information content (AvgIpc) is 3.23. The average molecular weight is 614 g/mol. The van der Waals surface area contributed by atoms with Crippen molar-refractivity contribution in [2.24, 2.45) is 0 Å². The molecule has 10 nitrogen and oxygen atoms in total. The van der Waals surface area contributed by atoms with E-state index < -0.39 is 65.9 Å². The number of likely N-dealkylation sites (tertiary alicyclic amines) is 1. The second kappa shape index (κ2) is 14.2. The number of halogens is 2. The molecule has 2 aromatic rings. The van der Waals surface area contributed by atoms with Gasteiger partial charge in [0.1, 0.15) is 11.8 Å². The zero-order valence-corrected chi connectivity index (χ0v) is 25.5. The van der Waals surface area contributed by atoms with Gasteiger partial charge in [-0.15, -0.1) is 0 Å². The lowest BCUT2D eigenvalue weighted by molar-refractivity contribution is -0.162. The zero-order chi connectivity index (χ0) is 32.8. The third-order valence-electron chi connectivity index (χ3n) is 7.11. The number of rotatable bonds is 10. The van der Waals surface area contributed by atoms with Gasteiger partial charge in [-0.1, -0.05) is 36.4 Å². The number of amides is 3. The molecule has 3 unspecified atom stereocenters. The van der Waals surface area contributed by atoms with Gasteiger partial charge < -0.3 is 25.0 Å². The van der Waals surface area contributed by atoms with Crippen molar-refractivity contribution in [3.05, 3.63) is 76.4 Å². The van der Waals surface area contributed by atoms with Crippen LogP contribution in [-0.4, -0.2) is 71.8 Å². The van der Waals surface area contributed by atoms with Crippen LogP contribution in [0.3, 0.4) is 0 Å². The van der Waals surface area contributed by atoms with E-state index in [2.05, 4.69) is 10.6 Å². The number of ether oxygens (including phenoxy) is 2. The number of carbonyl (C=O) groups excluding carboxylic acids is 5. The number of benzene rings is 2. The van der Waals surface area contributed by atoms with Gasteiger partial charge in [0.15, 0.2) is 0 Å². The fraction of sp³-hybridized carbons (Fsp3) is 0.406. The molecule has 3 atom stereocenters. The summed E-state index contributed by atoms with van der Waals surface area (Å²) in [5.41, 5.74) is 1.15. The highest BCUT2D eigenvalue weighted by Crippen LogP contribution is 2.38. The number of alkyl halides is 2. The fourth-order valence-corrected chi connectivity index (χ4v) is 5.21. The number of nitrogens with zero attached hydrogens (tertiary/aromatic N) is 1. The lowest BCUT2D eigenvalue weighted by Crippen LogP contribution is -2.57. The van der Waals surface area contributed by atoms with Crippen LogP contribution < -0.4 is 15.4 Å². The molecule has 12 heteroatoms. The van der Waals surface area contributed by atoms with E-state index in [1.807, 2.05) is 0 Å². The number of esters is 2. The van der Waals surface area contributed by atoms with Gasteiger partial charge in [-0.25, -0.2) is 0 Å². The molecule has 0 spiro atoms. The predicted octanol–water partition coefficient (Wildman–Crippen LogP) is 3.43. The van der Waals surface area contributed by atoms with Gasteiger partial charge in [0.2, 0.25) is 12.0 Å². The molecular formula is C32H37F2N3O7. The van der Waals surface area contributed by atoms with Crippen LogP contribution in [0.4, 0.5) is 8.78 Å². The number of aryl methyl sites for hydroxylation is 1. The lowest BCUT2D eigenvalue weighted by atomic mass is 9.97. The van der Waals surface area contributed by atoms with Crippen molar-refractivity contribution in [1.82, 2.24) is 15.5 Å². The van der Waals surface area contributed by atoms with Crippen LogP contribution in [0.15, 0.2) is 54.1 Å². The molecule has 0 aromatic heterocycles. The molecule has 0 aliphatic carbocycles. The first-order valence-corrected chi connectivity index (χ1v) is 14.1. The largest absolute Gasteiger partial charge is 0.450 e. The second-order valence-corrected chi connectivity index (χ2v) is 10.5. The van der Waals surface area contributed by atoms with Crippen molar-refractivity contribution in [3.63, 3.8) is 0 Å². The third kappa shape index (κ3) is 7.86. The summed E-state index contributed by atoms with van der Waals surface area (Å²) in [5.74, 6) is -7.42. The highest BCUT2D eigenvalue weighted by atomic mass is 19.3. The molecule has 1 fully saturated rings. The van der Waals surface area contributed by atoms with Gasteiger partial charge in [-0.2, -0.15) is 8.78 Å². The van der Waals surface area contributed by atoms with Gasteiger partial charge in [-0.3, -0.25) is 24.0 Å². The SMILES string of the molecule is C/C=C1/C(C(=O)NCC)N(C(=O)C(OC(C)=O)C(Cc2ccccc2)NC(=O)c2cc(C)cc(OC(C)=O)c2C)CC1(F)F. The summed E-state index contributed by atoms with van der Waals surface area (Å²) in [7, 11) is 0. The summed E-state index contributed by atoms with van der Waals surface area (Å²) in [6, 6.07) is 8.93. The topological polar surface area (TPSA) is 131 Å². The van der Waals surface area contributed by atoms with Gasteiger partial charge >= 0.3 is 11.9 Å². The maximum atomic E-state index is 15.1. The van der Waals surface area contributed by atoms with E-state index in [-0.39, 0.29) is 24.3 Å². The first kappa shape index (κ1) is 33.9. The maximum Gasteiger partial charge on any atom is 0.308 e. The highest BCUT2D eigenvalue weighted by molar-refractivity contribution is 5.98. The van der Waals surface area contributed by atoms with E-state index in [1.165, 1.54) is 13.8 Å². The van der Waals surface area contributed by atoms with Crippen molar-refractivity contribution in [1.29, 1.82) is 0 Å². The Hall–Kier alpha value is -4.61. The van der Waals surface area contributed by atoms with E-state index in [4.69, 9.17) is 9.47 Å². The van der Waals surface area contributed by atoms with Crippen LogP contribution in [0.5, 0.6) is 5.75 Å². The van der Waals surface area contributed by atoms with Crippen molar-refractivity contribution >= 4 is 29.7 Å². The lowest BCUT2D eigenvalue weighted by Gasteiger charge is -2.32. The Labute approximate surface area is 254 Å². The van der Waals surface area contributed by atoms with E-state index in [0.717, 1.165) is 13.0 Å². The van der Waals surface area contributed by atoms with Crippen LogP contribution >= 0.6 is 0 Å². The molecule has 1 aliphatic rings. The number of nitrogens with one attached hydrogen (secondary N) is 2. The summed E-state index contributed by atoms with van der Waals surface area (Å²) in [6.07, 6.45) is -0.721. The normalized spacial score (nSPS) is 17.9. The monoisotopic (exact) mass is 613 g/mol. The van der Waals surface area contributed by atoms with Gasteiger partial charge in [0.05, 0.1) is 12.6 Å². The molecule has 236 valence electrons. The summed E-state index contributed by atoms with van der Waals surface area (Å²) in [4.78, 5) is 65.4. The van der Waals surface area contributed by atoms with Gasteiger partial charge in [-0.05, 0) is 57.4 Å². The van der Waals surface area contributed by atoms with E-state index in [9.17, 15) is 24.0 Å². The number of likely N-dealkylation sites (N-methyl/N-ethyl adjacent to an activating group) is 1. The minimum absolute atomic E-state index is 0.0372. The minimum atomic E-state index is -3.52. The van der Waals surface area contributed by atoms with Crippen LogP contribution in [0.1, 0.15) is 54.7 Å². The Morgan fingerprint density at radius 2 is 1.73 bits per heavy atom. The molecule has 0 radical (unpaired) electrons. The third-order valence-corrected chi connectivity index (χ3v) is 7.11. The quantitative estimate of drug-likeness (QED) is 0.239. The minimum Gasteiger partial charge on any atom is -0.450 e.